The van der Waals surface area contributed by atoms with E-state index in [9.17, 15) is 50.7 Å². The van der Waals surface area contributed by atoms with Crippen molar-refractivity contribution in [2.45, 2.75) is 130 Å². The summed E-state index contributed by atoms with van der Waals surface area (Å²) < 4.78 is 58.6. The van der Waals surface area contributed by atoms with Crippen molar-refractivity contribution >= 4 is 89.3 Å². The molecule has 6 rings (SSSR count). The minimum absolute atomic E-state index is 0.322. The quantitative estimate of drug-likeness (QED) is 0.0367. The number of nitrogens with one attached hydrogen (secondary N) is 6. The van der Waals surface area contributed by atoms with E-state index in [0.29, 0.717) is 38.8 Å². The molecule has 2 fully saturated rings. The van der Waals surface area contributed by atoms with E-state index in [1.54, 1.807) is 59.9 Å². The maximum absolute atomic E-state index is 13.1. The Balaban J connectivity index is 0.000000299. The van der Waals surface area contributed by atoms with Gasteiger partial charge in [0.05, 0.1) is 29.0 Å². The molecule has 452 valence electrons. The minimum Gasteiger partial charge on any atom is -0.480 e. The Bertz CT molecular complexity index is 3230. The SMILES string of the molecule is C=CCS(=O)(=O)N[C@H](C(=O)N[C@@H](C)C(=O)N1CCC[C@@H](C(=O)O)N1)C(C)C.C=CCS(=O)(=O)N[C@H](C(=O)N[C@@H](C)C(=O)N1CCC[C@@H](C(=O)O[C@H](C)c2ccc3cnc(C=C)cc3c2)N1)C(C)C.C=Cc1cc2cc([C@@H](C)O)ccc2cn1. The van der Waals surface area contributed by atoms with Crippen LogP contribution in [0.4, 0.5) is 0 Å². The number of rotatable bonds is 23. The molecule has 2 aliphatic heterocycles. The molecular weight excluding hydrogens is 1110 g/mol. The van der Waals surface area contributed by atoms with Gasteiger partial charge in [-0.1, -0.05) is 77.3 Å². The Morgan fingerprint density at radius 2 is 1.05 bits per heavy atom. The number of fused-ring (bicyclic) bond motifs is 2. The maximum Gasteiger partial charge on any atom is 0.325 e. The molecule has 4 heterocycles. The highest BCUT2D eigenvalue weighted by atomic mass is 32.2. The number of hydrogen-bond acceptors (Lipinski definition) is 16. The molecule has 0 unspecified atom stereocenters. The van der Waals surface area contributed by atoms with Crippen molar-refractivity contribution in [1.29, 1.82) is 0 Å². The number of carbonyl (C=O) groups is 6. The van der Waals surface area contributed by atoms with Crippen molar-refractivity contribution in [1.82, 2.24) is 50.9 Å². The van der Waals surface area contributed by atoms with Gasteiger partial charge in [-0.05, 0) is 124 Å². The van der Waals surface area contributed by atoms with Crippen molar-refractivity contribution in [3.63, 3.8) is 0 Å². The molecule has 0 saturated carbocycles. The number of hydrogen-bond donors (Lipinski definition) is 8. The topological polar surface area (TPSA) is 325 Å². The standard InChI is InChI=1S/C29H39N5O6S.C16H28N4O6S.C13H13NO/c1-7-14-41(38,39)33-26(18(3)4)27(35)31-19(5)28(36)34-13-9-10-25(32-34)29(37)40-20(6)21-11-12-22-17-30-24(8-2)16-23(22)15-21;1-5-9-27(25,26)19-13(10(2)3)14(21)17-11(4)15(22)20-8-6-7-12(18-20)16(23)24;1-3-13-7-12-6-10(9(2)15)4-5-11(12)8-14-13/h7-8,11-12,15-20,25-26,32-33H,1-2,9-10,13-14H2,3-6H3,(H,31,35);5,10-13,18-19H,1,6-9H2,2-4H3,(H,17,21)(H,23,24);3-9,15H,1H2,2H3/t19-,20+,25-,26-;11-,12-,13-;9-/m001/s1. The average Bonchev–Trinajstić information content (AvgIpc) is 3.64. The third-order valence-corrected chi connectivity index (χ3v) is 15.9. The molecule has 4 amide bonds. The highest BCUT2D eigenvalue weighted by molar-refractivity contribution is 7.89. The van der Waals surface area contributed by atoms with Gasteiger partial charge in [0.1, 0.15) is 42.4 Å². The molecule has 8 N–H and O–H groups in total. The smallest absolute Gasteiger partial charge is 0.325 e. The number of nitrogens with zero attached hydrogens (tertiary/aromatic N) is 4. The van der Waals surface area contributed by atoms with E-state index in [1.807, 2.05) is 54.7 Å². The molecule has 0 spiro atoms. The second kappa shape index (κ2) is 31.4. The first-order chi connectivity index (χ1) is 39.0. The molecule has 23 nitrogen and oxygen atoms in total. The predicted molar refractivity (Wildman–Crippen MR) is 319 cm³/mol. The molecule has 0 radical (unpaired) electrons. The molecule has 2 aromatic heterocycles. The summed E-state index contributed by atoms with van der Waals surface area (Å²) in [6, 6.07) is 9.83. The van der Waals surface area contributed by atoms with Gasteiger partial charge >= 0.3 is 11.9 Å². The summed E-state index contributed by atoms with van der Waals surface area (Å²) >= 11 is 0. The number of carbonyl (C=O) groups excluding carboxylic acids is 5. The lowest BCUT2D eigenvalue weighted by molar-refractivity contribution is -0.157. The van der Waals surface area contributed by atoms with E-state index in [2.05, 4.69) is 67.2 Å². The Morgan fingerprint density at radius 3 is 1.45 bits per heavy atom. The third-order valence-electron chi connectivity index (χ3n) is 13.3. The van der Waals surface area contributed by atoms with Crippen molar-refractivity contribution in [2.75, 3.05) is 24.6 Å². The molecule has 2 saturated heterocycles. The summed E-state index contributed by atoms with van der Waals surface area (Å²) in [4.78, 5) is 83.6. The van der Waals surface area contributed by atoms with Gasteiger partial charge < -0.3 is 25.6 Å². The van der Waals surface area contributed by atoms with E-state index in [4.69, 9.17) is 9.84 Å². The van der Waals surface area contributed by atoms with Crippen LogP contribution in [0.3, 0.4) is 0 Å². The van der Waals surface area contributed by atoms with Crippen molar-refractivity contribution in [3.05, 3.63) is 122 Å². The number of aliphatic hydroxyl groups is 1. The lowest BCUT2D eigenvalue weighted by Crippen LogP contribution is -2.61. The van der Waals surface area contributed by atoms with Crippen LogP contribution in [0, 0.1) is 11.8 Å². The van der Waals surface area contributed by atoms with E-state index in [0.717, 1.165) is 44.1 Å². The van der Waals surface area contributed by atoms with E-state index < -0.39 is 104 Å². The van der Waals surface area contributed by atoms with Gasteiger partial charge in [0.15, 0.2) is 0 Å². The van der Waals surface area contributed by atoms with Gasteiger partial charge in [0.25, 0.3) is 11.8 Å². The fourth-order valence-electron chi connectivity index (χ4n) is 8.63. The van der Waals surface area contributed by atoms with Gasteiger partial charge in [-0.3, -0.25) is 48.8 Å². The molecule has 2 aromatic carbocycles. The first-order valence-corrected chi connectivity index (χ1v) is 30.5. The second-order valence-electron chi connectivity index (χ2n) is 20.8. The summed E-state index contributed by atoms with van der Waals surface area (Å²) in [5.74, 6) is -5.14. The van der Waals surface area contributed by atoms with E-state index >= 15 is 0 Å². The van der Waals surface area contributed by atoms with Crippen LogP contribution >= 0.6 is 0 Å². The summed E-state index contributed by atoms with van der Waals surface area (Å²) in [6.45, 7) is 28.1. The zero-order valence-corrected chi connectivity index (χ0v) is 50.0. The van der Waals surface area contributed by atoms with Gasteiger partial charge in [-0.25, -0.2) is 37.1 Å². The summed E-state index contributed by atoms with van der Waals surface area (Å²) in [5.41, 5.74) is 8.89. The number of hydrazine groups is 2. The number of aliphatic hydroxyl groups excluding tert-OH is 1. The zero-order valence-electron chi connectivity index (χ0n) is 48.3. The first kappa shape index (κ1) is 68.2. The largest absolute Gasteiger partial charge is 0.480 e. The number of esters is 1. The Labute approximate surface area is 486 Å². The number of carboxylic acid groups (broad SMARTS) is 1. The van der Waals surface area contributed by atoms with Crippen molar-refractivity contribution in [2.24, 2.45) is 11.8 Å². The highest BCUT2D eigenvalue weighted by Crippen LogP contribution is 2.25. The van der Waals surface area contributed by atoms with E-state index in [-0.39, 0.29) is 23.3 Å². The number of carboxylic acids is 1. The number of benzene rings is 2. The Morgan fingerprint density at radius 1 is 0.639 bits per heavy atom. The summed E-state index contributed by atoms with van der Waals surface area (Å²) in [7, 11) is -7.47. The number of aliphatic carboxylic acids is 1. The number of pyridine rings is 2. The van der Waals surface area contributed by atoms with Crippen LogP contribution in [0.25, 0.3) is 33.7 Å². The molecule has 8 atom stereocenters. The molecule has 2 aliphatic rings. The number of amides is 4. The van der Waals surface area contributed by atoms with Crippen molar-refractivity contribution < 1.29 is 60.6 Å². The monoisotopic (exact) mass is 1190 g/mol. The van der Waals surface area contributed by atoms with E-state index in [1.165, 1.54) is 36.0 Å². The summed E-state index contributed by atoms with van der Waals surface area (Å²) in [6.07, 6.45) is 10.4. The normalized spacial score (nSPS) is 17.6. The number of aromatic nitrogens is 2. The average molecular weight is 1190 g/mol. The van der Waals surface area contributed by atoms with Crippen molar-refractivity contribution in [3.8, 4) is 0 Å². The zero-order chi connectivity index (χ0) is 61.9. The fourth-order valence-corrected chi connectivity index (χ4v) is 11.0. The lowest BCUT2D eigenvalue weighted by atomic mass is 10.0. The highest BCUT2D eigenvalue weighted by Gasteiger charge is 2.36. The van der Waals surface area contributed by atoms with Crippen LogP contribution in [0.15, 0.2) is 99.4 Å². The molecule has 0 aliphatic carbocycles. The van der Waals surface area contributed by atoms with Gasteiger partial charge in [0.2, 0.25) is 31.9 Å². The van der Waals surface area contributed by atoms with Crippen LogP contribution in [-0.2, 0) is 53.6 Å². The molecular formula is C58H80N10O13S2. The molecule has 0 bridgehead atoms. The number of ether oxygens (including phenoxy) is 1. The minimum atomic E-state index is -3.75. The Kier molecular flexibility index (Phi) is 25.8. The van der Waals surface area contributed by atoms with Gasteiger partial charge in [0, 0.05) is 36.3 Å². The van der Waals surface area contributed by atoms with Crippen LogP contribution in [0.1, 0.15) is 116 Å². The third kappa shape index (κ3) is 20.5. The summed E-state index contributed by atoms with van der Waals surface area (Å²) in [5, 5.41) is 30.2. The molecule has 83 heavy (non-hydrogen) atoms. The van der Waals surface area contributed by atoms with Gasteiger partial charge in [-0.15, -0.1) is 13.2 Å². The van der Waals surface area contributed by atoms with Crippen LogP contribution in [0.2, 0.25) is 0 Å². The first-order valence-electron chi connectivity index (χ1n) is 27.2. The van der Waals surface area contributed by atoms with Gasteiger partial charge in [-0.2, -0.15) is 0 Å². The van der Waals surface area contributed by atoms with Crippen LogP contribution in [-0.4, -0.2) is 143 Å². The fraction of sp³-hybridized carbons (Fsp3) is 0.448. The predicted octanol–water partition coefficient (Wildman–Crippen LogP) is 4.74. The maximum atomic E-state index is 13.1. The van der Waals surface area contributed by atoms with Crippen LogP contribution in [0.5, 0.6) is 0 Å². The molecule has 4 aromatic rings. The lowest BCUT2D eigenvalue weighted by Gasteiger charge is -2.35. The Hall–Kier alpha value is -7.26. The van der Waals surface area contributed by atoms with Crippen LogP contribution < -0.4 is 30.9 Å². The second-order valence-corrected chi connectivity index (χ2v) is 24.4. The number of sulfonamides is 2. The molecule has 25 heteroatoms.